The van der Waals surface area contributed by atoms with Crippen LogP contribution < -0.4 is 10.1 Å². The number of rotatable bonds is 8. The number of carbonyl (C=O) groups excluding carboxylic acids is 1. The molecule has 8 heteroatoms. The molecule has 0 radical (unpaired) electrons. The van der Waals surface area contributed by atoms with Crippen molar-refractivity contribution in [2.75, 3.05) is 38.1 Å². The van der Waals surface area contributed by atoms with E-state index in [1.54, 1.807) is 11.3 Å². The molecule has 0 saturated carbocycles. The zero-order valence-electron chi connectivity index (χ0n) is 21.2. The molecule has 1 amide bonds. The van der Waals surface area contributed by atoms with Gasteiger partial charge in [0.15, 0.2) is 0 Å². The van der Waals surface area contributed by atoms with Gasteiger partial charge in [-0.2, -0.15) is 0 Å². The first-order valence-electron chi connectivity index (χ1n) is 12.2. The van der Waals surface area contributed by atoms with Crippen LogP contribution in [0.4, 0.5) is 5.69 Å². The second kappa shape index (κ2) is 11.0. The summed E-state index contributed by atoms with van der Waals surface area (Å²) >= 11 is 1.66. The average Bonchev–Trinajstić information content (AvgIpc) is 3.16. The van der Waals surface area contributed by atoms with Crippen molar-refractivity contribution in [1.82, 2.24) is 14.8 Å². The van der Waals surface area contributed by atoms with Gasteiger partial charge in [0.25, 0.3) is 0 Å². The molecule has 4 rings (SSSR count). The number of nitrogens with one attached hydrogen (secondary N) is 1. The van der Waals surface area contributed by atoms with Crippen molar-refractivity contribution in [2.24, 2.45) is 0 Å². The molecular weight excluding hydrogens is 460 g/mol. The molecule has 2 aromatic carbocycles. The number of aromatic nitrogens is 1. The number of hydrogen-bond acceptors (Lipinski definition) is 7. The summed E-state index contributed by atoms with van der Waals surface area (Å²) in [6, 6.07) is 12.3. The molecule has 0 aliphatic carbocycles. The monoisotopic (exact) mass is 496 g/mol. The average molecular weight is 497 g/mol. The Morgan fingerprint density at radius 2 is 1.86 bits per heavy atom. The highest BCUT2D eigenvalue weighted by atomic mass is 32.1. The van der Waals surface area contributed by atoms with Crippen LogP contribution in [0, 0.1) is 20.8 Å². The van der Waals surface area contributed by atoms with Crippen molar-refractivity contribution >= 4 is 33.1 Å². The number of benzene rings is 2. The number of ether oxygens (including phenoxy) is 1. The fourth-order valence-corrected chi connectivity index (χ4v) is 5.76. The number of hydrogen-bond donors (Lipinski definition) is 2. The van der Waals surface area contributed by atoms with Crippen LogP contribution in [-0.2, 0) is 4.79 Å². The molecule has 35 heavy (non-hydrogen) atoms. The van der Waals surface area contributed by atoms with E-state index >= 15 is 0 Å². The maximum Gasteiger partial charge on any atom is 0.238 e. The van der Waals surface area contributed by atoms with Crippen molar-refractivity contribution < 1.29 is 14.6 Å². The Balaban J connectivity index is 1.26. The summed E-state index contributed by atoms with van der Waals surface area (Å²) in [4.78, 5) is 21.7. The highest BCUT2D eigenvalue weighted by Gasteiger charge is 2.31. The molecule has 0 unspecified atom stereocenters. The summed E-state index contributed by atoms with van der Waals surface area (Å²) in [5, 5.41) is 14.8. The first kappa shape index (κ1) is 25.6. The highest BCUT2D eigenvalue weighted by Crippen LogP contribution is 2.26. The van der Waals surface area contributed by atoms with Crippen molar-refractivity contribution in [3.05, 3.63) is 52.5 Å². The molecule has 2 heterocycles. The maximum absolute atomic E-state index is 12.7. The highest BCUT2D eigenvalue weighted by molar-refractivity contribution is 7.18. The second-order valence-electron chi connectivity index (χ2n) is 9.73. The van der Waals surface area contributed by atoms with Crippen LogP contribution in [-0.4, -0.2) is 76.8 Å². The van der Waals surface area contributed by atoms with E-state index in [1.165, 1.54) is 0 Å². The third kappa shape index (κ3) is 6.38. The zero-order chi connectivity index (χ0) is 25.1. The molecule has 7 nitrogen and oxygen atoms in total. The van der Waals surface area contributed by atoms with E-state index in [1.807, 2.05) is 57.2 Å². The molecule has 3 aromatic rings. The molecule has 2 N–H and O–H groups in total. The number of aryl methyl sites for hydroxylation is 3. The fraction of sp³-hybridized carbons (Fsp3) is 0.481. The van der Waals surface area contributed by atoms with Gasteiger partial charge in [0, 0.05) is 43.5 Å². The van der Waals surface area contributed by atoms with Crippen LogP contribution in [0.3, 0.4) is 0 Å². The van der Waals surface area contributed by atoms with E-state index in [0.29, 0.717) is 13.1 Å². The number of nitrogens with zero attached hydrogens (tertiary/aromatic N) is 3. The number of fused-ring (bicyclic) bond motifs is 1. The van der Waals surface area contributed by atoms with Gasteiger partial charge in [0.2, 0.25) is 5.91 Å². The fourth-order valence-electron chi connectivity index (χ4n) is 4.95. The normalized spacial score (nSPS) is 20.2. The Hall–Kier alpha value is -2.52. The van der Waals surface area contributed by atoms with Crippen LogP contribution in [0.15, 0.2) is 36.4 Å². The van der Waals surface area contributed by atoms with Crippen LogP contribution in [0.25, 0.3) is 10.2 Å². The third-order valence-electron chi connectivity index (χ3n) is 6.62. The summed E-state index contributed by atoms with van der Waals surface area (Å²) in [6.45, 7) is 13.0. The smallest absolute Gasteiger partial charge is 0.238 e. The first-order chi connectivity index (χ1) is 16.7. The minimum atomic E-state index is -0.605. The first-order valence-corrected chi connectivity index (χ1v) is 13.0. The van der Waals surface area contributed by atoms with Crippen molar-refractivity contribution in [3.8, 4) is 5.75 Å². The number of aliphatic hydroxyl groups is 1. The number of aliphatic hydroxyl groups excluding tert-OH is 1. The van der Waals surface area contributed by atoms with E-state index < -0.39 is 6.10 Å². The van der Waals surface area contributed by atoms with Gasteiger partial charge in [-0.1, -0.05) is 18.2 Å². The molecule has 3 atom stereocenters. The number of carbonyl (C=O) groups is 1. The van der Waals surface area contributed by atoms with Crippen molar-refractivity contribution in [2.45, 2.75) is 52.8 Å². The number of para-hydroxylation sites is 1. The summed E-state index contributed by atoms with van der Waals surface area (Å²) < 4.78 is 7.01. The van der Waals surface area contributed by atoms with Crippen molar-refractivity contribution in [1.29, 1.82) is 0 Å². The lowest BCUT2D eigenvalue weighted by Crippen LogP contribution is -2.59. The topological polar surface area (TPSA) is 77.9 Å². The Bertz CT molecular complexity index is 1150. The summed E-state index contributed by atoms with van der Waals surface area (Å²) in [7, 11) is 0. The lowest BCUT2D eigenvalue weighted by Gasteiger charge is -2.45. The SMILES string of the molecule is Cc1nc2cc(OC[C@H](O)CN3[C@H](C)CN(CC(=O)Nc4c(C)cccc4C)C[C@@H]3C)ccc2s1. The largest absolute Gasteiger partial charge is 0.491 e. The van der Waals surface area contributed by atoms with Crippen LogP contribution >= 0.6 is 11.3 Å². The summed E-state index contributed by atoms with van der Waals surface area (Å²) in [5.74, 6) is 0.735. The van der Waals surface area contributed by atoms with Gasteiger partial charge in [-0.3, -0.25) is 14.6 Å². The molecule has 1 fully saturated rings. The van der Waals surface area contributed by atoms with Gasteiger partial charge < -0.3 is 15.2 Å². The molecule has 1 aliphatic heterocycles. The van der Waals surface area contributed by atoms with Crippen LogP contribution in [0.1, 0.15) is 30.0 Å². The predicted molar refractivity (Wildman–Crippen MR) is 142 cm³/mol. The Labute approximate surface area is 211 Å². The maximum atomic E-state index is 12.7. The zero-order valence-corrected chi connectivity index (χ0v) is 22.1. The van der Waals surface area contributed by atoms with Gasteiger partial charge >= 0.3 is 0 Å². The number of anilines is 1. The van der Waals surface area contributed by atoms with Crippen molar-refractivity contribution in [3.63, 3.8) is 0 Å². The predicted octanol–water partition coefficient (Wildman–Crippen LogP) is 3.99. The summed E-state index contributed by atoms with van der Waals surface area (Å²) in [5.41, 5.74) is 3.98. The van der Waals surface area contributed by atoms with Gasteiger partial charge in [0.05, 0.1) is 21.8 Å². The molecular formula is C27H36N4O3S. The van der Waals surface area contributed by atoms with E-state index in [4.69, 9.17) is 4.74 Å². The molecule has 0 spiro atoms. The molecule has 1 aliphatic rings. The summed E-state index contributed by atoms with van der Waals surface area (Å²) in [6.07, 6.45) is -0.605. The number of thiazole rings is 1. The third-order valence-corrected chi connectivity index (χ3v) is 7.57. The standard InChI is InChI=1S/C27H36N4O3S/c1-17-7-6-8-18(2)27(17)29-26(33)15-30-12-19(3)31(20(4)13-30)14-22(32)16-34-23-9-10-25-24(11-23)28-21(5)35-25/h6-11,19-20,22,32H,12-16H2,1-5H3,(H,29,33)/t19-,20+,22-/m1/s1. The molecule has 1 aromatic heterocycles. The number of β-amino-alcohol motifs (C(OH)–C–C–N with tert-alkyl or cyclic N) is 1. The van der Waals surface area contributed by atoms with Gasteiger partial charge in [-0.05, 0) is 57.9 Å². The number of amides is 1. The van der Waals surface area contributed by atoms with Crippen LogP contribution in [0.5, 0.6) is 5.75 Å². The Morgan fingerprint density at radius 1 is 1.17 bits per heavy atom. The molecule has 0 bridgehead atoms. The number of piperazine rings is 1. The Kier molecular flexibility index (Phi) is 8.06. The lowest BCUT2D eigenvalue weighted by atomic mass is 10.1. The minimum absolute atomic E-state index is 0.0101. The Morgan fingerprint density at radius 3 is 2.54 bits per heavy atom. The minimum Gasteiger partial charge on any atom is -0.491 e. The van der Waals surface area contributed by atoms with E-state index in [2.05, 4.69) is 33.9 Å². The van der Waals surface area contributed by atoms with Gasteiger partial charge in [0.1, 0.15) is 18.5 Å². The van der Waals surface area contributed by atoms with Crippen LogP contribution in [0.2, 0.25) is 0 Å². The van der Waals surface area contributed by atoms with Gasteiger partial charge in [-0.15, -0.1) is 11.3 Å². The lowest BCUT2D eigenvalue weighted by molar-refractivity contribution is -0.118. The van der Waals surface area contributed by atoms with E-state index in [0.717, 1.165) is 50.9 Å². The van der Waals surface area contributed by atoms with E-state index in [-0.39, 0.29) is 24.6 Å². The quantitative estimate of drug-likeness (QED) is 0.491. The van der Waals surface area contributed by atoms with Gasteiger partial charge in [-0.25, -0.2) is 4.98 Å². The van der Waals surface area contributed by atoms with E-state index in [9.17, 15) is 9.90 Å². The molecule has 1 saturated heterocycles. The molecule has 188 valence electrons. The second-order valence-corrected chi connectivity index (χ2v) is 11.0.